The van der Waals surface area contributed by atoms with Crippen LogP contribution < -0.4 is 4.80 Å². The van der Waals surface area contributed by atoms with Gasteiger partial charge in [0.1, 0.15) is 6.54 Å². The first-order valence-electron chi connectivity index (χ1n) is 10.00. The quantitative estimate of drug-likeness (QED) is 0.521. The predicted octanol–water partition coefficient (Wildman–Crippen LogP) is 4.28. The molecule has 0 radical (unpaired) electrons. The number of ether oxygens (including phenoxy) is 1. The molecule has 0 spiro atoms. The summed E-state index contributed by atoms with van der Waals surface area (Å²) >= 11 is 1.44. The first-order chi connectivity index (χ1) is 14.1. The van der Waals surface area contributed by atoms with Gasteiger partial charge in [0.05, 0.1) is 23.2 Å². The van der Waals surface area contributed by atoms with Crippen LogP contribution >= 0.6 is 11.3 Å². The van der Waals surface area contributed by atoms with Crippen LogP contribution in [0.15, 0.2) is 53.5 Å². The number of thiazole rings is 1. The van der Waals surface area contributed by atoms with Crippen LogP contribution in [-0.4, -0.2) is 23.1 Å². The third-order valence-electron chi connectivity index (χ3n) is 4.58. The molecular weight excluding hydrogens is 384 g/mol. The van der Waals surface area contributed by atoms with E-state index in [1.54, 1.807) is 11.5 Å². The largest absolute Gasteiger partial charge is 0.465 e. The standard InChI is InChI=1S/C23H26N2O3S/c1-3-5-9-18-12-13-19-20(14-18)29-23(25(19)16-22(27)28-4-2)24-21(26)15-17-10-7-6-8-11-17/h6-8,10-14H,3-5,9,15-16H2,1-2H3. The number of unbranched alkanes of at least 4 members (excludes halogenated alkanes) is 1. The molecule has 0 aliphatic rings. The van der Waals surface area contributed by atoms with Gasteiger partial charge in [0.25, 0.3) is 5.91 Å². The molecule has 0 N–H and O–H groups in total. The number of benzene rings is 2. The van der Waals surface area contributed by atoms with Gasteiger partial charge in [0, 0.05) is 0 Å². The van der Waals surface area contributed by atoms with Gasteiger partial charge in [-0.2, -0.15) is 4.99 Å². The van der Waals surface area contributed by atoms with Crippen LogP contribution in [-0.2, 0) is 33.7 Å². The first kappa shape index (κ1) is 21.0. The van der Waals surface area contributed by atoms with Crippen molar-refractivity contribution in [1.29, 1.82) is 0 Å². The highest BCUT2D eigenvalue weighted by Gasteiger charge is 2.13. The number of carbonyl (C=O) groups is 2. The van der Waals surface area contributed by atoms with Gasteiger partial charge in [-0.1, -0.05) is 61.1 Å². The van der Waals surface area contributed by atoms with Crippen molar-refractivity contribution < 1.29 is 14.3 Å². The summed E-state index contributed by atoms with van der Waals surface area (Å²) in [7, 11) is 0. The highest BCUT2D eigenvalue weighted by molar-refractivity contribution is 7.16. The molecule has 29 heavy (non-hydrogen) atoms. The second kappa shape index (κ2) is 10.2. The first-order valence-corrected chi connectivity index (χ1v) is 10.8. The molecule has 2 aromatic carbocycles. The lowest BCUT2D eigenvalue weighted by atomic mass is 10.1. The molecule has 3 rings (SSSR count). The number of hydrogen-bond acceptors (Lipinski definition) is 4. The molecule has 0 saturated carbocycles. The van der Waals surface area contributed by atoms with E-state index in [0.29, 0.717) is 11.4 Å². The van der Waals surface area contributed by atoms with Gasteiger partial charge in [-0.25, -0.2) is 0 Å². The van der Waals surface area contributed by atoms with E-state index in [2.05, 4.69) is 24.0 Å². The fraction of sp³-hybridized carbons (Fsp3) is 0.348. The molecule has 0 bridgehead atoms. The second-order valence-corrected chi connectivity index (χ2v) is 7.86. The average Bonchev–Trinajstić information content (AvgIpc) is 3.03. The van der Waals surface area contributed by atoms with Crippen molar-refractivity contribution in [3.63, 3.8) is 0 Å². The zero-order chi connectivity index (χ0) is 20.6. The molecule has 0 saturated heterocycles. The molecule has 0 fully saturated rings. The second-order valence-electron chi connectivity index (χ2n) is 6.85. The number of amides is 1. The molecule has 0 aliphatic carbocycles. The van der Waals surface area contributed by atoms with Gasteiger partial charge >= 0.3 is 5.97 Å². The van der Waals surface area contributed by atoms with E-state index < -0.39 is 0 Å². The summed E-state index contributed by atoms with van der Waals surface area (Å²) in [4.78, 5) is 29.5. The molecule has 152 valence electrons. The van der Waals surface area contributed by atoms with Crippen LogP contribution in [0.1, 0.15) is 37.8 Å². The molecule has 1 heterocycles. The Morgan fingerprint density at radius 2 is 1.86 bits per heavy atom. The number of carbonyl (C=O) groups excluding carboxylic acids is 2. The van der Waals surface area contributed by atoms with E-state index in [4.69, 9.17) is 4.74 Å². The molecular formula is C23H26N2O3S. The van der Waals surface area contributed by atoms with Crippen molar-refractivity contribution in [2.24, 2.45) is 4.99 Å². The summed E-state index contributed by atoms with van der Waals surface area (Å²) < 4.78 is 7.92. The van der Waals surface area contributed by atoms with Crippen molar-refractivity contribution in [3.8, 4) is 0 Å². The van der Waals surface area contributed by atoms with Crippen LogP contribution in [0.25, 0.3) is 10.2 Å². The van der Waals surface area contributed by atoms with E-state index in [1.807, 2.05) is 36.4 Å². The number of aromatic nitrogens is 1. The van der Waals surface area contributed by atoms with Crippen molar-refractivity contribution in [1.82, 2.24) is 4.57 Å². The fourth-order valence-electron chi connectivity index (χ4n) is 3.14. The van der Waals surface area contributed by atoms with E-state index >= 15 is 0 Å². The summed E-state index contributed by atoms with van der Waals surface area (Å²) in [5, 5.41) is 0. The van der Waals surface area contributed by atoms with E-state index in [1.165, 1.54) is 16.9 Å². The summed E-state index contributed by atoms with van der Waals surface area (Å²) in [6.07, 6.45) is 3.52. The summed E-state index contributed by atoms with van der Waals surface area (Å²) in [6, 6.07) is 15.8. The number of nitrogens with zero attached hydrogens (tertiary/aromatic N) is 2. The molecule has 5 nitrogen and oxygen atoms in total. The minimum Gasteiger partial charge on any atom is -0.465 e. The maximum absolute atomic E-state index is 12.5. The van der Waals surface area contributed by atoms with Crippen LogP contribution in [0.4, 0.5) is 0 Å². The Morgan fingerprint density at radius 3 is 2.59 bits per heavy atom. The van der Waals surface area contributed by atoms with Gasteiger partial charge < -0.3 is 9.30 Å². The van der Waals surface area contributed by atoms with Crippen molar-refractivity contribution in [2.45, 2.75) is 46.1 Å². The molecule has 3 aromatic rings. The van der Waals surface area contributed by atoms with Crippen LogP contribution in [0, 0.1) is 0 Å². The number of rotatable bonds is 8. The third kappa shape index (κ3) is 5.64. The third-order valence-corrected chi connectivity index (χ3v) is 5.62. The zero-order valence-electron chi connectivity index (χ0n) is 16.9. The van der Waals surface area contributed by atoms with Crippen LogP contribution in [0.2, 0.25) is 0 Å². The molecule has 1 amide bonds. The zero-order valence-corrected chi connectivity index (χ0v) is 17.7. The topological polar surface area (TPSA) is 60.7 Å². The Morgan fingerprint density at radius 1 is 1.07 bits per heavy atom. The minimum atomic E-state index is -0.334. The maximum Gasteiger partial charge on any atom is 0.326 e. The normalized spacial score (nSPS) is 11.7. The van der Waals surface area contributed by atoms with Crippen LogP contribution in [0.3, 0.4) is 0 Å². The molecule has 1 aromatic heterocycles. The maximum atomic E-state index is 12.5. The van der Waals surface area contributed by atoms with Gasteiger partial charge in [0.15, 0.2) is 4.80 Å². The van der Waals surface area contributed by atoms with Gasteiger partial charge in [0.2, 0.25) is 0 Å². The Balaban J connectivity index is 1.98. The number of fused-ring (bicyclic) bond motifs is 1. The number of hydrogen-bond donors (Lipinski definition) is 0. The fourth-order valence-corrected chi connectivity index (χ4v) is 4.25. The molecule has 0 atom stereocenters. The summed E-state index contributed by atoms with van der Waals surface area (Å²) in [6.45, 7) is 4.32. The minimum absolute atomic E-state index is 0.0413. The van der Waals surface area contributed by atoms with E-state index in [9.17, 15) is 9.59 Å². The Hall–Kier alpha value is -2.73. The smallest absolute Gasteiger partial charge is 0.326 e. The molecule has 6 heteroatoms. The Kier molecular flexibility index (Phi) is 7.36. The van der Waals surface area contributed by atoms with E-state index in [0.717, 1.165) is 35.0 Å². The number of aryl methyl sites for hydroxylation is 1. The van der Waals surface area contributed by atoms with Gasteiger partial charge in [-0.15, -0.1) is 0 Å². The van der Waals surface area contributed by atoms with E-state index in [-0.39, 0.29) is 24.8 Å². The molecule has 0 unspecified atom stereocenters. The van der Waals surface area contributed by atoms with Crippen molar-refractivity contribution in [3.05, 3.63) is 64.5 Å². The van der Waals surface area contributed by atoms with Crippen molar-refractivity contribution in [2.75, 3.05) is 6.61 Å². The lowest BCUT2D eigenvalue weighted by molar-refractivity contribution is -0.143. The average molecular weight is 411 g/mol. The number of esters is 1. The van der Waals surface area contributed by atoms with Gasteiger partial charge in [-0.3, -0.25) is 9.59 Å². The lowest BCUT2D eigenvalue weighted by Gasteiger charge is -2.06. The van der Waals surface area contributed by atoms with Gasteiger partial charge in [-0.05, 0) is 43.0 Å². The predicted molar refractivity (Wildman–Crippen MR) is 116 cm³/mol. The van der Waals surface area contributed by atoms with Crippen molar-refractivity contribution >= 4 is 33.4 Å². The highest BCUT2D eigenvalue weighted by atomic mass is 32.1. The summed E-state index contributed by atoms with van der Waals surface area (Å²) in [5.41, 5.74) is 3.07. The lowest BCUT2D eigenvalue weighted by Crippen LogP contribution is -2.23. The Bertz CT molecular complexity index is 1050. The van der Waals surface area contributed by atoms with Crippen LogP contribution in [0.5, 0.6) is 0 Å². The SMILES string of the molecule is CCCCc1ccc2c(c1)sc(=NC(=O)Cc1ccccc1)n2CC(=O)OCC. The Labute approximate surface area is 174 Å². The summed E-state index contributed by atoms with van der Waals surface area (Å²) in [5.74, 6) is -0.564. The molecule has 0 aliphatic heterocycles. The monoisotopic (exact) mass is 410 g/mol. The highest BCUT2D eigenvalue weighted by Crippen LogP contribution is 2.20.